The molecule has 0 radical (unpaired) electrons. The Hall–Kier alpha value is -2.17. The van der Waals surface area contributed by atoms with Crippen LogP contribution in [0.3, 0.4) is 0 Å². The number of carboxylic acid groups (broad SMARTS) is 1. The second kappa shape index (κ2) is 7.02. The Morgan fingerprint density at radius 1 is 1.29 bits per heavy atom. The Balaban J connectivity index is 1.95. The van der Waals surface area contributed by atoms with Crippen molar-refractivity contribution in [3.8, 4) is 0 Å². The fourth-order valence-electron chi connectivity index (χ4n) is 2.58. The minimum absolute atomic E-state index is 0.0947. The van der Waals surface area contributed by atoms with Gasteiger partial charge in [0.1, 0.15) is 0 Å². The fraction of sp³-hybridized carbons (Fsp3) is 0.438. The molecule has 0 aliphatic heterocycles. The van der Waals surface area contributed by atoms with Gasteiger partial charge in [0.25, 0.3) is 0 Å². The Morgan fingerprint density at radius 3 is 2.62 bits per heavy atom. The van der Waals surface area contributed by atoms with Crippen LogP contribution in [-0.4, -0.2) is 40.5 Å². The van der Waals surface area contributed by atoms with Gasteiger partial charge in [0.2, 0.25) is 5.91 Å². The molecule has 1 aromatic rings. The third-order valence-electron chi connectivity index (χ3n) is 3.87. The summed E-state index contributed by atoms with van der Waals surface area (Å²) in [5.41, 5.74) is 0.926. The molecule has 0 saturated carbocycles. The number of amides is 1. The lowest BCUT2D eigenvalue weighted by Gasteiger charge is -2.28. The maximum absolute atomic E-state index is 12.4. The van der Waals surface area contributed by atoms with Crippen LogP contribution in [0.5, 0.6) is 0 Å². The van der Waals surface area contributed by atoms with E-state index in [-0.39, 0.29) is 5.91 Å². The molecule has 0 spiro atoms. The van der Waals surface area contributed by atoms with Crippen LogP contribution in [0.4, 0.5) is 0 Å². The zero-order chi connectivity index (χ0) is 15.2. The molecular formula is C16H20N2O3. The van der Waals surface area contributed by atoms with Crippen molar-refractivity contribution in [2.75, 3.05) is 13.6 Å². The van der Waals surface area contributed by atoms with Crippen molar-refractivity contribution in [1.29, 1.82) is 0 Å². The summed E-state index contributed by atoms with van der Waals surface area (Å²) in [6, 6.07) is 5.68. The molecule has 1 aromatic heterocycles. The van der Waals surface area contributed by atoms with E-state index >= 15 is 0 Å². The number of nitrogens with zero attached hydrogens (tertiary/aromatic N) is 2. The van der Waals surface area contributed by atoms with Gasteiger partial charge in [-0.15, -0.1) is 0 Å². The van der Waals surface area contributed by atoms with Crippen LogP contribution in [0.25, 0.3) is 0 Å². The number of aliphatic carboxylic acids is 1. The average molecular weight is 288 g/mol. The zero-order valence-corrected chi connectivity index (χ0v) is 12.1. The molecule has 21 heavy (non-hydrogen) atoms. The van der Waals surface area contributed by atoms with Gasteiger partial charge in [0.15, 0.2) is 0 Å². The Kier molecular flexibility index (Phi) is 5.09. The van der Waals surface area contributed by atoms with Gasteiger partial charge in [-0.05, 0) is 25.0 Å². The van der Waals surface area contributed by atoms with Crippen LogP contribution in [0, 0.1) is 11.8 Å². The number of rotatable bonds is 5. The fourth-order valence-corrected chi connectivity index (χ4v) is 2.58. The SMILES string of the molecule is CN(CCc1ccccn1)C(=O)C1CC=CCC1C(=O)O. The number of carboxylic acids is 1. The molecular weight excluding hydrogens is 268 g/mol. The molecule has 2 unspecified atom stereocenters. The maximum Gasteiger partial charge on any atom is 0.307 e. The van der Waals surface area contributed by atoms with Gasteiger partial charge in [-0.3, -0.25) is 14.6 Å². The van der Waals surface area contributed by atoms with Crippen molar-refractivity contribution in [1.82, 2.24) is 9.88 Å². The summed E-state index contributed by atoms with van der Waals surface area (Å²) in [4.78, 5) is 29.5. The largest absolute Gasteiger partial charge is 0.481 e. The molecule has 1 heterocycles. The second-order valence-electron chi connectivity index (χ2n) is 5.32. The number of carbonyl (C=O) groups is 2. The molecule has 112 valence electrons. The number of allylic oxidation sites excluding steroid dienone is 2. The van der Waals surface area contributed by atoms with Crippen LogP contribution in [0.1, 0.15) is 18.5 Å². The molecule has 0 bridgehead atoms. The van der Waals surface area contributed by atoms with Gasteiger partial charge in [-0.2, -0.15) is 0 Å². The molecule has 0 aromatic carbocycles. The minimum Gasteiger partial charge on any atom is -0.481 e. The standard InChI is InChI=1S/C16H20N2O3/c1-18(11-9-12-6-4-5-10-17-12)15(19)13-7-2-3-8-14(13)16(20)21/h2-6,10,13-14H,7-9,11H2,1H3,(H,20,21). The van der Waals surface area contributed by atoms with E-state index in [1.807, 2.05) is 30.4 Å². The van der Waals surface area contributed by atoms with E-state index < -0.39 is 17.8 Å². The van der Waals surface area contributed by atoms with Crippen molar-refractivity contribution in [2.24, 2.45) is 11.8 Å². The molecule has 1 aliphatic rings. The predicted octanol–water partition coefficient (Wildman–Crippen LogP) is 1.75. The number of hydrogen-bond donors (Lipinski definition) is 1. The third kappa shape index (κ3) is 3.90. The molecule has 0 fully saturated rings. The highest BCUT2D eigenvalue weighted by atomic mass is 16.4. The first-order valence-corrected chi connectivity index (χ1v) is 7.12. The van der Waals surface area contributed by atoms with Gasteiger partial charge < -0.3 is 10.0 Å². The smallest absolute Gasteiger partial charge is 0.307 e. The van der Waals surface area contributed by atoms with Gasteiger partial charge in [0, 0.05) is 31.9 Å². The van der Waals surface area contributed by atoms with E-state index in [0.717, 1.165) is 5.69 Å². The minimum atomic E-state index is -0.893. The molecule has 1 N–H and O–H groups in total. The first-order chi connectivity index (χ1) is 10.1. The lowest BCUT2D eigenvalue weighted by atomic mass is 9.82. The van der Waals surface area contributed by atoms with Crippen molar-refractivity contribution in [3.63, 3.8) is 0 Å². The summed E-state index contributed by atoms with van der Waals surface area (Å²) in [6.07, 6.45) is 7.07. The van der Waals surface area contributed by atoms with Crippen molar-refractivity contribution in [2.45, 2.75) is 19.3 Å². The van der Waals surface area contributed by atoms with E-state index in [9.17, 15) is 14.7 Å². The maximum atomic E-state index is 12.4. The topological polar surface area (TPSA) is 70.5 Å². The van der Waals surface area contributed by atoms with Crippen LogP contribution in [0.2, 0.25) is 0 Å². The number of aromatic nitrogens is 1. The summed E-state index contributed by atoms with van der Waals surface area (Å²) in [5.74, 6) is -2.06. The highest BCUT2D eigenvalue weighted by Gasteiger charge is 2.35. The predicted molar refractivity (Wildman–Crippen MR) is 78.6 cm³/mol. The van der Waals surface area contributed by atoms with Crippen LogP contribution in [-0.2, 0) is 16.0 Å². The molecule has 1 amide bonds. The summed E-state index contributed by atoms with van der Waals surface area (Å²) in [5, 5.41) is 9.23. The molecule has 0 saturated heterocycles. The third-order valence-corrected chi connectivity index (χ3v) is 3.87. The first kappa shape index (κ1) is 15.2. The van der Waals surface area contributed by atoms with Crippen LogP contribution in [0.15, 0.2) is 36.5 Å². The van der Waals surface area contributed by atoms with Crippen molar-refractivity contribution in [3.05, 3.63) is 42.2 Å². The molecule has 5 nitrogen and oxygen atoms in total. The quantitative estimate of drug-likeness (QED) is 0.838. The highest BCUT2D eigenvalue weighted by molar-refractivity contribution is 5.85. The van der Waals surface area contributed by atoms with E-state index in [1.165, 1.54) is 0 Å². The van der Waals surface area contributed by atoms with E-state index in [0.29, 0.717) is 25.8 Å². The van der Waals surface area contributed by atoms with Crippen molar-refractivity contribution >= 4 is 11.9 Å². The highest BCUT2D eigenvalue weighted by Crippen LogP contribution is 2.27. The zero-order valence-electron chi connectivity index (χ0n) is 12.1. The van der Waals surface area contributed by atoms with E-state index in [1.54, 1.807) is 18.1 Å². The number of likely N-dealkylation sites (N-methyl/N-ethyl adjacent to an activating group) is 1. The summed E-state index contributed by atoms with van der Waals surface area (Å²) in [7, 11) is 1.72. The number of carbonyl (C=O) groups excluding carboxylic acids is 1. The van der Waals surface area contributed by atoms with Crippen molar-refractivity contribution < 1.29 is 14.7 Å². The average Bonchev–Trinajstić information content (AvgIpc) is 2.52. The number of hydrogen-bond acceptors (Lipinski definition) is 3. The van der Waals surface area contributed by atoms with Gasteiger partial charge in [-0.25, -0.2) is 0 Å². The monoisotopic (exact) mass is 288 g/mol. The van der Waals surface area contributed by atoms with Crippen LogP contribution >= 0.6 is 0 Å². The number of pyridine rings is 1. The molecule has 2 rings (SSSR count). The van der Waals surface area contributed by atoms with Crippen LogP contribution < -0.4 is 0 Å². The summed E-state index contributed by atoms with van der Waals surface area (Å²) in [6.45, 7) is 0.544. The molecule has 1 aliphatic carbocycles. The lowest BCUT2D eigenvalue weighted by molar-refractivity contribution is -0.150. The first-order valence-electron chi connectivity index (χ1n) is 7.12. The van der Waals surface area contributed by atoms with Gasteiger partial charge >= 0.3 is 5.97 Å². The van der Waals surface area contributed by atoms with E-state index in [2.05, 4.69) is 4.98 Å². The Bertz CT molecular complexity index is 528. The second-order valence-corrected chi connectivity index (χ2v) is 5.32. The Labute approximate surface area is 124 Å². The summed E-state index contributed by atoms with van der Waals surface area (Å²) >= 11 is 0. The summed E-state index contributed by atoms with van der Waals surface area (Å²) < 4.78 is 0. The van der Waals surface area contributed by atoms with Gasteiger partial charge in [0.05, 0.1) is 11.8 Å². The molecule has 5 heteroatoms. The lowest BCUT2D eigenvalue weighted by Crippen LogP contribution is -2.40. The molecule has 2 atom stereocenters. The van der Waals surface area contributed by atoms with E-state index in [4.69, 9.17) is 0 Å². The normalized spacial score (nSPS) is 21.0. The Morgan fingerprint density at radius 2 is 2.00 bits per heavy atom. The van der Waals surface area contributed by atoms with Gasteiger partial charge in [-0.1, -0.05) is 18.2 Å².